The van der Waals surface area contributed by atoms with Crippen LogP contribution in [-0.4, -0.2) is 35.4 Å². The van der Waals surface area contributed by atoms with Crippen LogP contribution < -0.4 is 10.1 Å². The maximum absolute atomic E-state index is 13.6. The molecule has 1 aliphatic carbocycles. The first-order valence-corrected chi connectivity index (χ1v) is 13.1. The second-order valence-electron chi connectivity index (χ2n) is 10.2. The molecule has 7 heteroatoms. The Bertz CT molecular complexity index is 1010. The first kappa shape index (κ1) is 27.3. The lowest BCUT2D eigenvalue weighted by atomic mass is 9.86. The molecule has 1 atom stereocenters. The Hall–Kier alpha value is -2.24. The van der Waals surface area contributed by atoms with Crippen molar-refractivity contribution in [1.29, 1.82) is 0 Å². The summed E-state index contributed by atoms with van der Waals surface area (Å²) < 4.78 is 6.02. The zero-order chi connectivity index (χ0) is 25.6. The van der Waals surface area contributed by atoms with Crippen LogP contribution in [0.2, 0.25) is 10.0 Å². The molecule has 35 heavy (non-hydrogen) atoms. The van der Waals surface area contributed by atoms with Gasteiger partial charge in [0.05, 0.1) is 0 Å². The summed E-state index contributed by atoms with van der Waals surface area (Å²) in [4.78, 5) is 28.4. The third kappa shape index (κ3) is 7.14. The van der Waals surface area contributed by atoms with Crippen molar-refractivity contribution in [3.05, 3.63) is 63.6 Å². The average molecular weight is 520 g/mol. The molecule has 2 aromatic carbocycles. The van der Waals surface area contributed by atoms with Gasteiger partial charge < -0.3 is 15.0 Å². The summed E-state index contributed by atoms with van der Waals surface area (Å²) >= 11 is 12.9. The van der Waals surface area contributed by atoms with E-state index >= 15 is 0 Å². The second-order valence-corrected chi connectivity index (χ2v) is 11.0. The van der Waals surface area contributed by atoms with E-state index in [1.54, 1.807) is 23.1 Å². The Morgan fingerprint density at radius 3 is 2.29 bits per heavy atom. The number of hydrogen-bond acceptors (Lipinski definition) is 3. The van der Waals surface area contributed by atoms with Crippen LogP contribution in [0, 0.1) is 0 Å². The van der Waals surface area contributed by atoms with Crippen molar-refractivity contribution in [2.45, 2.75) is 83.8 Å². The van der Waals surface area contributed by atoms with Crippen LogP contribution in [0.5, 0.6) is 5.75 Å². The SMILES string of the molecule is CCC(C(=O)NC1CCCC1)N(Cc1c(Cl)cccc1Cl)C(=O)COc1ccccc1C(C)(C)C. The largest absolute Gasteiger partial charge is 0.483 e. The van der Waals surface area contributed by atoms with Crippen LogP contribution in [0.25, 0.3) is 0 Å². The van der Waals surface area contributed by atoms with E-state index in [0.29, 0.717) is 27.8 Å². The van der Waals surface area contributed by atoms with Gasteiger partial charge in [-0.1, -0.05) is 88.0 Å². The minimum atomic E-state index is -0.656. The highest BCUT2D eigenvalue weighted by Crippen LogP contribution is 2.31. The van der Waals surface area contributed by atoms with E-state index in [4.69, 9.17) is 27.9 Å². The van der Waals surface area contributed by atoms with Gasteiger partial charge >= 0.3 is 0 Å². The standard InChI is InChI=1S/C28H36Cl2N2O3/c1-5-24(27(34)31-19-11-6-7-12-19)32(17-20-22(29)14-10-15-23(20)30)26(33)18-35-25-16-9-8-13-21(25)28(2,3)4/h8-10,13-16,19,24H,5-7,11-12,17-18H2,1-4H3,(H,31,34). The predicted octanol–water partition coefficient (Wildman–Crippen LogP) is 6.54. The quantitative estimate of drug-likeness (QED) is 0.410. The van der Waals surface area contributed by atoms with E-state index in [2.05, 4.69) is 26.1 Å². The van der Waals surface area contributed by atoms with Gasteiger partial charge in [-0.25, -0.2) is 0 Å². The minimum Gasteiger partial charge on any atom is -0.483 e. The Kier molecular flexibility index (Phi) is 9.48. The third-order valence-corrected chi connectivity index (χ3v) is 7.23. The Balaban J connectivity index is 1.85. The van der Waals surface area contributed by atoms with Gasteiger partial charge in [0.15, 0.2) is 6.61 Å². The predicted molar refractivity (Wildman–Crippen MR) is 142 cm³/mol. The molecule has 0 spiro atoms. The molecule has 190 valence electrons. The number of rotatable bonds is 9. The molecule has 1 saturated carbocycles. The third-order valence-electron chi connectivity index (χ3n) is 6.52. The highest BCUT2D eigenvalue weighted by atomic mass is 35.5. The number of carbonyl (C=O) groups excluding carboxylic acids is 2. The average Bonchev–Trinajstić information content (AvgIpc) is 3.31. The highest BCUT2D eigenvalue weighted by Gasteiger charge is 2.32. The van der Waals surface area contributed by atoms with E-state index in [9.17, 15) is 9.59 Å². The number of benzene rings is 2. The molecule has 0 radical (unpaired) electrons. The van der Waals surface area contributed by atoms with E-state index < -0.39 is 6.04 Å². The van der Waals surface area contributed by atoms with Crippen molar-refractivity contribution in [2.75, 3.05) is 6.61 Å². The van der Waals surface area contributed by atoms with Crippen LogP contribution in [-0.2, 0) is 21.5 Å². The molecule has 1 unspecified atom stereocenters. The first-order chi connectivity index (χ1) is 16.6. The molecule has 0 saturated heterocycles. The van der Waals surface area contributed by atoms with Gasteiger partial charge in [0.25, 0.3) is 5.91 Å². The molecule has 0 aliphatic heterocycles. The van der Waals surface area contributed by atoms with Gasteiger partial charge in [0.2, 0.25) is 5.91 Å². The molecule has 2 aromatic rings. The van der Waals surface area contributed by atoms with E-state index in [-0.39, 0.29) is 36.4 Å². The molecule has 1 aliphatic rings. The van der Waals surface area contributed by atoms with Crippen molar-refractivity contribution in [1.82, 2.24) is 10.2 Å². The van der Waals surface area contributed by atoms with E-state index in [1.165, 1.54) is 0 Å². The number of para-hydroxylation sites is 1. The monoisotopic (exact) mass is 518 g/mol. The normalized spacial score (nSPS) is 15.0. The summed E-state index contributed by atoms with van der Waals surface area (Å²) in [5, 5.41) is 4.06. The number of ether oxygens (including phenoxy) is 1. The fourth-order valence-corrected chi connectivity index (χ4v) is 5.09. The lowest BCUT2D eigenvalue weighted by Gasteiger charge is -2.32. The number of nitrogens with one attached hydrogen (secondary N) is 1. The van der Waals surface area contributed by atoms with Crippen LogP contribution in [0.3, 0.4) is 0 Å². The molecule has 1 fully saturated rings. The summed E-state index contributed by atoms with van der Waals surface area (Å²) in [6, 6.07) is 12.5. The molecule has 3 rings (SSSR count). The molecule has 1 N–H and O–H groups in total. The van der Waals surface area contributed by atoms with Gasteiger partial charge in [-0.3, -0.25) is 9.59 Å². The Morgan fingerprint density at radius 2 is 1.69 bits per heavy atom. The van der Waals surface area contributed by atoms with Crippen LogP contribution >= 0.6 is 23.2 Å². The first-order valence-electron chi connectivity index (χ1n) is 12.4. The number of nitrogens with zero attached hydrogens (tertiary/aromatic N) is 1. The van der Waals surface area contributed by atoms with E-state index in [0.717, 1.165) is 31.2 Å². The fourth-order valence-electron chi connectivity index (χ4n) is 4.58. The molecular formula is C28H36Cl2N2O3. The van der Waals surface area contributed by atoms with Crippen molar-refractivity contribution in [3.63, 3.8) is 0 Å². The van der Waals surface area contributed by atoms with Crippen LogP contribution in [0.15, 0.2) is 42.5 Å². The number of halogens is 2. The van der Waals surface area contributed by atoms with Crippen LogP contribution in [0.1, 0.15) is 70.9 Å². The minimum absolute atomic E-state index is 0.123. The summed E-state index contributed by atoms with van der Waals surface area (Å²) in [6.07, 6.45) is 4.63. The lowest BCUT2D eigenvalue weighted by molar-refractivity contribution is -0.143. The van der Waals surface area contributed by atoms with E-state index in [1.807, 2.05) is 31.2 Å². The molecule has 5 nitrogen and oxygen atoms in total. The Morgan fingerprint density at radius 1 is 1.06 bits per heavy atom. The second kappa shape index (κ2) is 12.1. The smallest absolute Gasteiger partial charge is 0.261 e. The van der Waals surface area contributed by atoms with Gasteiger partial charge in [-0.2, -0.15) is 0 Å². The van der Waals surface area contributed by atoms with Crippen molar-refractivity contribution in [2.24, 2.45) is 0 Å². The highest BCUT2D eigenvalue weighted by molar-refractivity contribution is 6.36. The number of hydrogen-bond donors (Lipinski definition) is 1. The molecular weight excluding hydrogens is 483 g/mol. The van der Waals surface area contributed by atoms with Gasteiger partial charge in [0, 0.05) is 28.2 Å². The van der Waals surface area contributed by atoms with Crippen LogP contribution in [0.4, 0.5) is 0 Å². The summed E-state index contributed by atoms with van der Waals surface area (Å²) in [7, 11) is 0. The molecule has 0 bridgehead atoms. The van der Waals surface area contributed by atoms with Gasteiger partial charge in [-0.15, -0.1) is 0 Å². The fraction of sp³-hybridized carbons (Fsp3) is 0.500. The summed E-state index contributed by atoms with van der Waals surface area (Å²) in [5.74, 6) is 0.219. The van der Waals surface area contributed by atoms with Crippen molar-refractivity contribution < 1.29 is 14.3 Å². The van der Waals surface area contributed by atoms with Crippen molar-refractivity contribution in [3.8, 4) is 5.75 Å². The maximum Gasteiger partial charge on any atom is 0.261 e. The van der Waals surface area contributed by atoms with Crippen molar-refractivity contribution >= 4 is 35.0 Å². The molecule has 2 amide bonds. The summed E-state index contributed by atoms with van der Waals surface area (Å²) in [5.41, 5.74) is 1.49. The Labute approximate surface area is 219 Å². The lowest BCUT2D eigenvalue weighted by Crippen LogP contribution is -2.52. The molecule has 0 heterocycles. The topological polar surface area (TPSA) is 58.6 Å². The molecule has 0 aromatic heterocycles. The number of amides is 2. The van der Waals surface area contributed by atoms with Gasteiger partial charge in [-0.05, 0) is 48.4 Å². The maximum atomic E-state index is 13.6. The zero-order valence-electron chi connectivity index (χ0n) is 21.1. The zero-order valence-corrected chi connectivity index (χ0v) is 22.6. The van der Waals surface area contributed by atoms with Gasteiger partial charge in [0.1, 0.15) is 11.8 Å². The summed E-state index contributed by atoms with van der Waals surface area (Å²) in [6.45, 7) is 8.14. The number of carbonyl (C=O) groups is 2.